The second kappa shape index (κ2) is 5.51. The highest BCUT2D eigenvalue weighted by Crippen LogP contribution is 2.25. The van der Waals surface area contributed by atoms with Crippen molar-refractivity contribution in [2.75, 3.05) is 7.11 Å². The SMILES string of the molecule is COC(c1ccccc1C)C(C)OC(N)=O. The molecule has 0 saturated heterocycles. The highest BCUT2D eigenvalue weighted by Gasteiger charge is 2.22. The van der Waals surface area contributed by atoms with Crippen LogP contribution in [0.1, 0.15) is 24.2 Å². The van der Waals surface area contributed by atoms with Gasteiger partial charge in [0.15, 0.2) is 0 Å². The largest absolute Gasteiger partial charge is 0.444 e. The molecule has 2 atom stereocenters. The van der Waals surface area contributed by atoms with Gasteiger partial charge in [0.25, 0.3) is 0 Å². The van der Waals surface area contributed by atoms with Crippen LogP contribution in [-0.4, -0.2) is 19.3 Å². The minimum atomic E-state index is -0.789. The first-order valence-corrected chi connectivity index (χ1v) is 5.10. The Morgan fingerprint density at radius 1 is 1.38 bits per heavy atom. The van der Waals surface area contributed by atoms with Gasteiger partial charge in [0.05, 0.1) is 0 Å². The molecule has 2 N–H and O–H groups in total. The number of benzene rings is 1. The predicted molar refractivity (Wildman–Crippen MR) is 61.1 cm³/mol. The van der Waals surface area contributed by atoms with Crippen LogP contribution in [0.3, 0.4) is 0 Å². The molecule has 4 nitrogen and oxygen atoms in total. The molecule has 0 fully saturated rings. The van der Waals surface area contributed by atoms with Crippen LogP contribution in [0.5, 0.6) is 0 Å². The summed E-state index contributed by atoms with van der Waals surface area (Å²) in [5.41, 5.74) is 7.08. The predicted octanol–water partition coefficient (Wildman–Crippen LogP) is 2.17. The van der Waals surface area contributed by atoms with Gasteiger partial charge >= 0.3 is 6.09 Å². The van der Waals surface area contributed by atoms with Gasteiger partial charge in [-0.3, -0.25) is 0 Å². The number of carbonyl (C=O) groups excluding carboxylic acids is 1. The number of aryl methyl sites for hydroxylation is 1. The summed E-state index contributed by atoms with van der Waals surface area (Å²) in [4.78, 5) is 10.7. The van der Waals surface area contributed by atoms with Crippen LogP contribution in [0.15, 0.2) is 24.3 Å². The van der Waals surface area contributed by atoms with E-state index in [0.29, 0.717) is 0 Å². The first kappa shape index (κ1) is 12.5. The third kappa shape index (κ3) is 2.97. The quantitative estimate of drug-likeness (QED) is 0.850. The number of methoxy groups -OCH3 is 1. The molecule has 88 valence electrons. The van der Waals surface area contributed by atoms with Crippen molar-refractivity contribution in [2.24, 2.45) is 5.73 Å². The van der Waals surface area contributed by atoms with Gasteiger partial charge in [-0.25, -0.2) is 4.79 Å². The lowest BCUT2D eigenvalue weighted by Gasteiger charge is -2.23. The minimum Gasteiger partial charge on any atom is -0.444 e. The fourth-order valence-corrected chi connectivity index (χ4v) is 1.72. The number of hydrogen-bond donors (Lipinski definition) is 1. The number of rotatable bonds is 4. The molecule has 16 heavy (non-hydrogen) atoms. The van der Waals surface area contributed by atoms with E-state index in [-0.39, 0.29) is 6.10 Å². The highest BCUT2D eigenvalue weighted by molar-refractivity contribution is 5.64. The number of carbonyl (C=O) groups is 1. The molecule has 0 aliphatic rings. The van der Waals surface area contributed by atoms with Gasteiger partial charge < -0.3 is 15.2 Å². The molecule has 1 rings (SSSR count). The molecule has 0 aliphatic heterocycles. The Bertz CT molecular complexity index is 365. The highest BCUT2D eigenvalue weighted by atomic mass is 16.6. The monoisotopic (exact) mass is 223 g/mol. The molecule has 0 saturated carbocycles. The molecule has 2 unspecified atom stereocenters. The van der Waals surface area contributed by atoms with E-state index in [4.69, 9.17) is 15.2 Å². The summed E-state index contributed by atoms with van der Waals surface area (Å²) in [5, 5.41) is 0. The average Bonchev–Trinajstić information content (AvgIpc) is 2.20. The molecule has 0 radical (unpaired) electrons. The second-order valence-corrected chi connectivity index (χ2v) is 3.65. The summed E-state index contributed by atoms with van der Waals surface area (Å²) in [6.07, 6.45) is -1.50. The lowest BCUT2D eigenvalue weighted by atomic mass is 10.00. The topological polar surface area (TPSA) is 61.6 Å². The second-order valence-electron chi connectivity index (χ2n) is 3.65. The van der Waals surface area contributed by atoms with Gasteiger partial charge in [-0.2, -0.15) is 0 Å². The Labute approximate surface area is 95.3 Å². The molecular weight excluding hydrogens is 206 g/mol. The molecule has 0 bridgehead atoms. The van der Waals surface area contributed by atoms with E-state index >= 15 is 0 Å². The molecule has 0 heterocycles. The van der Waals surface area contributed by atoms with E-state index in [0.717, 1.165) is 11.1 Å². The normalized spacial score (nSPS) is 14.2. The minimum absolute atomic E-state index is 0.298. The summed E-state index contributed by atoms with van der Waals surface area (Å²) >= 11 is 0. The van der Waals surface area contributed by atoms with Crippen LogP contribution in [-0.2, 0) is 9.47 Å². The molecule has 1 amide bonds. The maximum Gasteiger partial charge on any atom is 0.404 e. The molecule has 1 aromatic rings. The zero-order valence-electron chi connectivity index (χ0n) is 9.77. The van der Waals surface area contributed by atoms with E-state index in [1.165, 1.54) is 0 Å². The Kier molecular flexibility index (Phi) is 4.31. The molecule has 0 aromatic heterocycles. The van der Waals surface area contributed by atoms with Crippen LogP contribution < -0.4 is 5.73 Å². The van der Waals surface area contributed by atoms with Crippen molar-refractivity contribution in [2.45, 2.75) is 26.1 Å². The van der Waals surface area contributed by atoms with Crippen molar-refractivity contribution < 1.29 is 14.3 Å². The zero-order chi connectivity index (χ0) is 12.1. The van der Waals surface area contributed by atoms with E-state index < -0.39 is 12.2 Å². The summed E-state index contributed by atoms with van der Waals surface area (Å²) in [6, 6.07) is 7.80. The number of primary amides is 1. The summed E-state index contributed by atoms with van der Waals surface area (Å²) in [7, 11) is 1.58. The summed E-state index contributed by atoms with van der Waals surface area (Å²) in [5.74, 6) is 0. The maximum atomic E-state index is 10.7. The van der Waals surface area contributed by atoms with Crippen LogP contribution in [0, 0.1) is 6.92 Å². The molecule has 0 aliphatic carbocycles. The van der Waals surface area contributed by atoms with Crippen LogP contribution in [0.2, 0.25) is 0 Å². The number of ether oxygens (including phenoxy) is 2. The van der Waals surface area contributed by atoms with Crippen molar-refractivity contribution in [3.63, 3.8) is 0 Å². The van der Waals surface area contributed by atoms with Gasteiger partial charge in [-0.15, -0.1) is 0 Å². The first-order chi connectivity index (χ1) is 7.56. The Hall–Kier alpha value is -1.55. The van der Waals surface area contributed by atoms with Gasteiger partial charge in [-0.1, -0.05) is 24.3 Å². The van der Waals surface area contributed by atoms with Gasteiger partial charge in [0, 0.05) is 7.11 Å². The standard InChI is InChI=1S/C12H17NO3/c1-8-6-4-5-7-10(8)11(15-3)9(2)16-12(13)14/h4-7,9,11H,1-3H3,(H2,13,14). The third-order valence-corrected chi connectivity index (χ3v) is 2.48. The lowest BCUT2D eigenvalue weighted by Crippen LogP contribution is -2.27. The van der Waals surface area contributed by atoms with E-state index in [9.17, 15) is 4.79 Å². The Morgan fingerprint density at radius 3 is 2.50 bits per heavy atom. The third-order valence-electron chi connectivity index (χ3n) is 2.48. The average molecular weight is 223 g/mol. The van der Waals surface area contributed by atoms with Crippen molar-refractivity contribution in [1.29, 1.82) is 0 Å². The van der Waals surface area contributed by atoms with Crippen molar-refractivity contribution in [3.8, 4) is 0 Å². The molecule has 1 aromatic carbocycles. The molecule has 4 heteroatoms. The maximum absolute atomic E-state index is 10.7. The fourth-order valence-electron chi connectivity index (χ4n) is 1.72. The van der Waals surface area contributed by atoms with Crippen LogP contribution in [0.4, 0.5) is 4.79 Å². The molecule has 0 spiro atoms. The first-order valence-electron chi connectivity index (χ1n) is 5.10. The van der Waals surface area contributed by atoms with Crippen molar-refractivity contribution >= 4 is 6.09 Å². The number of nitrogens with two attached hydrogens (primary N) is 1. The van der Waals surface area contributed by atoms with Gasteiger partial charge in [0.2, 0.25) is 0 Å². The van der Waals surface area contributed by atoms with Crippen LogP contribution in [0.25, 0.3) is 0 Å². The summed E-state index contributed by atoms with van der Waals surface area (Å²) in [6.45, 7) is 3.74. The zero-order valence-corrected chi connectivity index (χ0v) is 9.77. The Balaban J connectivity index is 2.90. The Morgan fingerprint density at radius 2 is 2.00 bits per heavy atom. The van der Waals surface area contributed by atoms with Gasteiger partial charge in [0.1, 0.15) is 12.2 Å². The van der Waals surface area contributed by atoms with Crippen molar-refractivity contribution in [1.82, 2.24) is 0 Å². The summed E-state index contributed by atoms with van der Waals surface area (Å²) < 4.78 is 10.3. The smallest absolute Gasteiger partial charge is 0.404 e. The van der Waals surface area contributed by atoms with Crippen molar-refractivity contribution in [3.05, 3.63) is 35.4 Å². The number of amides is 1. The van der Waals surface area contributed by atoms with E-state index in [1.807, 2.05) is 31.2 Å². The number of hydrogen-bond acceptors (Lipinski definition) is 3. The van der Waals surface area contributed by atoms with Gasteiger partial charge in [-0.05, 0) is 25.0 Å². The molecular formula is C12H17NO3. The van der Waals surface area contributed by atoms with E-state index in [2.05, 4.69) is 0 Å². The van der Waals surface area contributed by atoms with Crippen LogP contribution >= 0.6 is 0 Å². The lowest BCUT2D eigenvalue weighted by molar-refractivity contribution is -0.0124. The van der Waals surface area contributed by atoms with E-state index in [1.54, 1.807) is 14.0 Å². The fraction of sp³-hybridized carbons (Fsp3) is 0.417.